The van der Waals surface area contributed by atoms with Gasteiger partial charge in [0.15, 0.2) is 17.3 Å². The second-order valence-corrected chi connectivity index (χ2v) is 10.3. The van der Waals surface area contributed by atoms with Crippen LogP contribution in [-0.4, -0.2) is 52.0 Å². The Bertz CT molecular complexity index is 1260. The van der Waals surface area contributed by atoms with Crippen LogP contribution in [0.15, 0.2) is 58.7 Å². The molecule has 0 spiro atoms. The normalized spacial score (nSPS) is 20.3. The zero-order valence-electron chi connectivity index (χ0n) is 22.8. The van der Waals surface area contributed by atoms with Crippen molar-refractivity contribution in [1.82, 2.24) is 0 Å². The van der Waals surface area contributed by atoms with Crippen LogP contribution in [-0.2, 0) is 14.3 Å². The fourth-order valence-corrected chi connectivity index (χ4v) is 5.36. The Hall–Kier alpha value is -3.81. The first-order chi connectivity index (χ1) is 18.2. The molecule has 0 bridgehead atoms. The lowest BCUT2D eigenvalue weighted by molar-refractivity contribution is -0.147. The maximum Gasteiger partial charge on any atom is 0.315 e. The molecule has 0 radical (unpaired) electrons. The minimum atomic E-state index is -0.817. The van der Waals surface area contributed by atoms with Crippen molar-refractivity contribution in [2.75, 3.05) is 34.5 Å². The molecular formula is C30H35NO7. The highest BCUT2D eigenvalue weighted by molar-refractivity contribution is 6.09. The van der Waals surface area contributed by atoms with E-state index in [0.717, 1.165) is 0 Å². The Labute approximate surface area is 223 Å². The van der Waals surface area contributed by atoms with Gasteiger partial charge in [-0.1, -0.05) is 38.1 Å². The predicted octanol–water partition coefficient (Wildman–Crippen LogP) is 5.15. The maximum atomic E-state index is 13.6. The number of rotatable bonds is 9. The quantitative estimate of drug-likeness (QED) is 0.333. The van der Waals surface area contributed by atoms with Gasteiger partial charge in [0.05, 0.1) is 21.3 Å². The van der Waals surface area contributed by atoms with Crippen LogP contribution in [0.4, 0.5) is 0 Å². The summed E-state index contributed by atoms with van der Waals surface area (Å²) >= 11 is 0. The van der Waals surface area contributed by atoms with Gasteiger partial charge < -0.3 is 23.7 Å². The molecule has 0 fully saturated rings. The van der Waals surface area contributed by atoms with Gasteiger partial charge in [0.2, 0.25) is 5.75 Å². The highest BCUT2D eigenvalue weighted by Gasteiger charge is 2.47. The van der Waals surface area contributed by atoms with Gasteiger partial charge in [-0.05, 0) is 37.0 Å². The van der Waals surface area contributed by atoms with Crippen molar-refractivity contribution in [3.8, 4) is 23.0 Å². The van der Waals surface area contributed by atoms with Crippen LogP contribution in [0.3, 0.4) is 0 Å². The van der Waals surface area contributed by atoms with Gasteiger partial charge in [0.1, 0.15) is 24.9 Å². The van der Waals surface area contributed by atoms with Gasteiger partial charge in [-0.25, -0.2) is 0 Å². The van der Waals surface area contributed by atoms with Gasteiger partial charge in [-0.15, -0.1) is 0 Å². The third-order valence-electron chi connectivity index (χ3n) is 6.97. The first-order valence-electron chi connectivity index (χ1n) is 12.7. The van der Waals surface area contributed by atoms with E-state index in [0.29, 0.717) is 58.4 Å². The molecule has 0 saturated heterocycles. The van der Waals surface area contributed by atoms with Gasteiger partial charge in [-0.2, -0.15) is 0 Å². The fraction of sp³-hybridized carbons (Fsp3) is 0.433. The van der Waals surface area contributed by atoms with Crippen LogP contribution in [0.25, 0.3) is 0 Å². The van der Waals surface area contributed by atoms with Gasteiger partial charge >= 0.3 is 5.97 Å². The van der Waals surface area contributed by atoms with Crippen molar-refractivity contribution in [2.24, 2.45) is 16.3 Å². The van der Waals surface area contributed by atoms with E-state index in [4.69, 9.17) is 28.7 Å². The van der Waals surface area contributed by atoms with Crippen molar-refractivity contribution < 1.29 is 33.3 Å². The number of nitrogens with zero attached hydrogens (tertiary/aromatic N) is 1. The summed E-state index contributed by atoms with van der Waals surface area (Å²) in [4.78, 5) is 32.0. The molecule has 0 N–H and O–H groups in total. The monoisotopic (exact) mass is 521 g/mol. The molecule has 1 unspecified atom stereocenters. The van der Waals surface area contributed by atoms with Crippen LogP contribution in [0.5, 0.6) is 23.0 Å². The highest BCUT2D eigenvalue weighted by atomic mass is 16.6. The summed E-state index contributed by atoms with van der Waals surface area (Å²) < 4.78 is 28.2. The second kappa shape index (κ2) is 11.3. The number of hydrogen-bond donors (Lipinski definition) is 0. The average Bonchev–Trinajstić information content (AvgIpc) is 2.89. The minimum absolute atomic E-state index is 0.0282. The number of allylic oxidation sites excluding steroid dienone is 2. The summed E-state index contributed by atoms with van der Waals surface area (Å²) in [6.07, 6.45) is 0.989. The van der Waals surface area contributed by atoms with E-state index in [-0.39, 0.29) is 24.4 Å². The molecule has 202 valence electrons. The molecule has 1 aliphatic carbocycles. The van der Waals surface area contributed by atoms with Crippen LogP contribution >= 0.6 is 0 Å². The van der Waals surface area contributed by atoms with Crippen molar-refractivity contribution in [1.29, 1.82) is 0 Å². The zero-order valence-corrected chi connectivity index (χ0v) is 22.8. The number of benzene rings is 2. The van der Waals surface area contributed by atoms with E-state index in [1.165, 1.54) is 14.2 Å². The molecule has 2 atom stereocenters. The Balaban J connectivity index is 1.72. The third kappa shape index (κ3) is 5.39. The predicted molar refractivity (Wildman–Crippen MR) is 143 cm³/mol. The summed E-state index contributed by atoms with van der Waals surface area (Å²) in [5.41, 5.74) is 2.24. The summed E-state index contributed by atoms with van der Waals surface area (Å²) in [5, 5.41) is 0. The lowest BCUT2D eigenvalue weighted by Crippen LogP contribution is -2.40. The molecule has 1 heterocycles. The smallest absolute Gasteiger partial charge is 0.315 e. The van der Waals surface area contributed by atoms with E-state index in [1.807, 2.05) is 43.3 Å². The van der Waals surface area contributed by atoms with E-state index >= 15 is 0 Å². The van der Waals surface area contributed by atoms with E-state index in [9.17, 15) is 9.59 Å². The van der Waals surface area contributed by atoms with Gasteiger partial charge in [0, 0.05) is 34.9 Å². The number of para-hydroxylation sites is 1. The van der Waals surface area contributed by atoms with Gasteiger partial charge in [-0.3, -0.25) is 14.6 Å². The molecule has 38 heavy (non-hydrogen) atoms. The van der Waals surface area contributed by atoms with E-state index in [2.05, 4.69) is 13.8 Å². The highest BCUT2D eigenvalue weighted by Crippen LogP contribution is 2.52. The molecule has 1 aliphatic heterocycles. The molecule has 0 amide bonds. The summed E-state index contributed by atoms with van der Waals surface area (Å²) in [5.74, 6) is -0.00329. The number of carbonyl (C=O) groups is 2. The summed E-state index contributed by atoms with van der Waals surface area (Å²) in [7, 11) is 4.59. The molecular weight excluding hydrogens is 486 g/mol. The first-order valence-corrected chi connectivity index (χ1v) is 12.7. The Morgan fingerprint density at radius 1 is 0.947 bits per heavy atom. The average molecular weight is 522 g/mol. The molecule has 4 rings (SSSR count). The lowest BCUT2D eigenvalue weighted by Gasteiger charge is -2.39. The molecule has 0 aromatic heterocycles. The molecule has 8 nitrogen and oxygen atoms in total. The summed E-state index contributed by atoms with van der Waals surface area (Å²) in [6, 6.07) is 12.9. The topological polar surface area (TPSA) is 92.7 Å². The molecule has 2 aromatic carbocycles. The summed E-state index contributed by atoms with van der Waals surface area (Å²) in [6.45, 7) is 6.17. The molecule has 2 aliphatic rings. The number of ether oxygens (including phenoxy) is 5. The standard InChI is InChI=1S/C30H35NO7/c1-18-24(29(33)38-15-14-37-19-10-8-7-9-11-19)25(26-21(31-18)16-30(2,3)17-22(26)32)20-12-13-23(34-4)28(36-6)27(20)35-5/h7-13,24-25H,14-17H2,1-6H3/t24?,25-/m1/s1. The number of carbonyl (C=O) groups excluding carboxylic acids is 2. The van der Waals surface area contributed by atoms with E-state index in [1.54, 1.807) is 13.2 Å². The number of hydrogen-bond acceptors (Lipinski definition) is 8. The van der Waals surface area contributed by atoms with Crippen LogP contribution in [0.1, 0.15) is 45.1 Å². The van der Waals surface area contributed by atoms with Crippen molar-refractivity contribution in [3.05, 3.63) is 59.3 Å². The number of Topliss-reactive ketones (excluding diaryl/α,β-unsaturated/α-hetero) is 1. The Morgan fingerprint density at radius 3 is 2.32 bits per heavy atom. The lowest BCUT2D eigenvalue weighted by atomic mass is 9.66. The van der Waals surface area contributed by atoms with Crippen LogP contribution < -0.4 is 18.9 Å². The molecule has 0 saturated carbocycles. The minimum Gasteiger partial charge on any atom is -0.493 e. The maximum absolute atomic E-state index is 13.6. The SMILES string of the molecule is COc1ccc([C@H]2C3=C(CC(C)(C)CC3=O)N=C(C)C2C(=O)OCCOc2ccccc2)c(OC)c1OC. The first kappa shape index (κ1) is 27.2. The number of methoxy groups -OCH3 is 3. The van der Waals surface area contributed by atoms with Crippen molar-refractivity contribution in [2.45, 2.75) is 39.5 Å². The van der Waals surface area contributed by atoms with Crippen molar-refractivity contribution >= 4 is 17.5 Å². The number of aliphatic imine (C=N–C) groups is 1. The van der Waals surface area contributed by atoms with Crippen LogP contribution in [0.2, 0.25) is 0 Å². The zero-order chi connectivity index (χ0) is 27.4. The number of ketones is 1. The Kier molecular flexibility index (Phi) is 8.09. The number of esters is 1. The van der Waals surface area contributed by atoms with E-state index < -0.39 is 17.8 Å². The molecule has 2 aromatic rings. The fourth-order valence-electron chi connectivity index (χ4n) is 5.36. The van der Waals surface area contributed by atoms with Crippen LogP contribution in [0, 0.1) is 11.3 Å². The molecule has 8 heteroatoms. The third-order valence-corrected chi connectivity index (χ3v) is 6.97. The largest absolute Gasteiger partial charge is 0.493 e. The van der Waals surface area contributed by atoms with Crippen molar-refractivity contribution in [3.63, 3.8) is 0 Å². The Morgan fingerprint density at radius 2 is 1.66 bits per heavy atom. The second-order valence-electron chi connectivity index (χ2n) is 10.3. The van der Waals surface area contributed by atoms with Gasteiger partial charge in [0.25, 0.3) is 0 Å².